The number of pyridine rings is 2. The van der Waals surface area contributed by atoms with E-state index in [1.54, 1.807) is 41.1 Å². The summed E-state index contributed by atoms with van der Waals surface area (Å²) in [5.41, 5.74) is 2.85. The Hall–Kier alpha value is -3.34. The van der Waals surface area contributed by atoms with Crippen LogP contribution < -0.4 is 0 Å². The zero-order chi connectivity index (χ0) is 19.0. The summed E-state index contributed by atoms with van der Waals surface area (Å²) in [7, 11) is 0. The van der Waals surface area contributed by atoms with E-state index in [1.807, 2.05) is 0 Å². The molecule has 0 aliphatic carbocycles. The average Bonchev–Trinajstić information content (AvgIpc) is 3.10. The first-order chi connectivity index (χ1) is 13.0. The minimum Gasteiger partial charge on any atom is -0.338 e. The largest absolute Gasteiger partial charge is 0.338 e. The third kappa shape index (κ3) is 3.24. The number of imidazole rings is 1. The third-order valence-electron chi connectivity index (χ3n) is 4.70. The van der Waals surface area contributed by atoms with Crippen molar-refractivity contribution < 1.29 is 13.6 Å². The number of alkyl halides is 2. The molecule has 1 aliphatic heterocycles. The van der Waals surface area contributed by atoms with Crippen LogP contribution in [0, 0.1) is 11.3 Å². The second-order valence-electron chi connectivity index (χ2n) is 6.48. The number of amides is 1. The van der Waals surface area contributed by atoms with Crippen LogP contribution in [0.1, 0.15) is 28.8 Å². The van der Waals surface area contributed by atoms with Crippen molar-refractivity contribution in [2.75, 3.05) is 13.1 Å². The molecule has 0 unspecified atom stereocenters. The summed E-state index contributed by atoms with van der Waals surface area (Å²) in [4.78, 5) is 22.5. The number of nitrogens with zero attached hydrogens (tertiary/aromatic N) is 5. The minimum absolute atomic E-state index is 0.0437. The number of halogens is 2. The molecule has 1 saturated heterocycles. The fourth-order valence-electron chi connectivity index (χ4n) is 3.13. The predicted molar refractivity (Wildman–Crippen MR) is 93.2 cm³/mol. The molecule has 0 atom stereocenters. The quantitative estimate of drug-likeness (QED) is 0.697. The summed E-state index contributed by atoms with van der Waals surface area (Å²) in [6.07, 6.45) is 4.22. The zero-order valence-corrected chi connectivity index (χ0v) is 14.3. The average molecular weight is 367 g/mol. The molecule has 1 aliphatic rings. The molecule has 0 N–H and O–H groups in total. The van der Waals surface area contributed by atoms with Crippen molar-refractivity contribution in [3.63, 3.8) is 0 Å². The van der Waals surface area contributed by atoms with E-state index in [2.05, 4.69) is 16.0 Å². The van der Waals surface area contributed by atoms with Crippen molar-refractivity contribution >= 4 is 11.6 Å². The molecule has 3 aromatic heterocycles. The first kappa shape index (κ1) is 17.1. The van der Waals surface area contributed by atoms with Crippen LogP contribution in [0.25, 0.3) is 17.0 Å². The van der Waals surface area contributed by atoms with E-state index in [0.29, 0.717) is 22.5 Å². The molecule has 0 aromatic carbocycles. The predicted octanol–water partition coefficient (Wildman–Crippen LogP) is 3.14. The van der Waals surface area contributed by atoms with Crippen LogP contribution in [0.15, 0.2) is 42.9 Å². The Morgan fingerprint density at radius 1 is 1.15 bits per heavy atom. The van der Waals surface area contributed by atoms with E-state index in [1.165, 1.54) is 11.1 Å². The smallest absolute Gasteiger partial charge is 0.255 e. The Balaban J connectivity index is 1.56. The summed E-state index contributed by atoms with van der Waals surface area (Å²) < 4.78 is 28.3. The van der Waals surface area contributed by atoms with Crippen molar-refractivity contribution in [2.45, 2.75) is 18.8 Å². The molecule has 1 amide bonds. The van der Waals surface area contributed by atoms with Crippen LogP contribution >= 0.6 is 0 Å². The number of nitriles is 1. The van der Waals surface area contributed by atoms with Crippen LogP contribution in [0.3, 0.4) is 0 Å². The molecule has 4 heterocycles. The molecule has 0 saturated carbocycles. The van der Waals surface area contributed by atoms with Crippen molar-refractivity contribution in [3.8, 4) is 17.5 Å². The van der Waals surface area contributed by atoms with Crippen molar-refractivity contribution in [2.24, 2.45) is 0 Å². The van der Waals surface area contributed by atoms with Gasteiger partial charge in [-0.1, -0.05) is 0 Å². The van der Waals surface area contributed by atoms with Crippen LogP contribution in [-0.2, 0) is 0 Å². The number of hydrogen-bond donors (Lipinski definition) is 0. The minimum atomic E-state index is -2.69. The number of piperidine rings is 1. The van der Waals surface area contributed by atoms with Crippen LogP contribution in [-0.4, -0.2) is 44.2 Å². The van der Waals surface area contributed by atoms with Gasteiger partial charge in [0.2, 0.25) is 0 Å². The third-order valence-corrected chi connectivity index (χ3v) is 4.70. The van der Waals surface area contributed by atoms with E-state index in [-0.39, 0.29) is 31.8 Å². The topological polar surface area (TPSA) is 74.3 Å². The van der Waals surface area contributed by atoms with Gasteiger partial charge in [0.25, 0.3) is 11.8 Å². The highest BCUT2D eigenvalue weighted by molar-refractivity contribution is 5.94. The summed E-state index contributed by atoms with van der Waals surface area (Å²) in [5.74, 6) is -2.98. The van der Waals surface area contributed by atoms with Gasteiger partial charge in [-0.2, -0.15) is 5.26 Å². The fourth-order valence-corrected chi connectivity index (χ4v) is 3.13. The number of aromatic nitrogens is 3. The molecule has 1 fully saturated rings. The normalized spacial score (nSPS) is 16.3. The fraction of sp³-hybridized carbons (Fsp3) is 0.263. The molecule has 3 aromatic rings. The van der Waals surface area contributed by atoms with E-state index in [9.17, 15) is 13.6 Å². The van der Waals surface area contributed by atoms with Gasteiger partial charge in [-0.15, -0.1) is 0 Å². The van der Waals surface area contributed by atoms with Gasteiger partial charge in [0.05, 0.1) is 34.8 Å². The van der Waals surface area contributed by atoms with Gasteiger partial charge in [0.1, 0.15) is 5.65 Å². The van der Waals surface area contributed by atoms with E-state index in [4.69, 9.17) is 5.26 Å². The van der Waals surface area contributed by atoms with Gasteiger partial charge < -0.3 is 4.90 Å². The molecule has 27 heavy (non-hydrogen) atoms. The van der Waals surface area contributed by atoms with Crippen LogP contribution in [0.2, 0.25) is 0 Å². The number of carbonyl (C=O) groups is 1. The lowest BCUT2D eigenvalue weighted by molar-refractivity contribution is -0.0494. The molecule has 0 radical (unpaired) electrons. The van der Waals surface area contributed by atoms with Crippen molar-refractivity contribution in [1.29, 1.82) is 5.26 Å². The van der Waals surface area contributed by atoms with Gasteiger partial charge in [0.15, 0.2) is 0 Å². The molecular weight excluding hydrogens is 352 g/mol. The highest BCUT2D eigenvalue weighted by Crippen LogP contribution is 2.28. The Bertz CT molecular complexity index is 1040. The summed E-state index contributed by atoms with van der Waals surface area (Å²) >= 11 is 0. The Kier molecular flexibility index (Phi) is 4.07. The molecule has 4 rings (SSSR count). The maximum atomic E-state index is 13.3. The second-order valence-corrected chi connectivity index (χ2v) is 6.48. The lowest BCUT2D eigenvalue weighted by Crippen LogP contribution is -2.42. The highest BCUT2D eigenvalue weighted by atomic mass is 19.3. The number of hydrogen-bond acceptors (Lipinski definition) is 4. The monoisotopic (exact) mass is 367 g/mol. The van der Waals surface area contributed by atoms with E-state index >= 15 is 0 Å². The highest BCUT2D eigenvalue weighted by Gasteiger charge is 2.35. The summed E-state index contributed by atoms with van der Waals surface area (Å²) in [6, 6.07) is 8.76. The van der Waals surface area contributed by atoms with Gasteiger partial charge >= 0.3 is 0 Å². The second kappa shape index (κ2) is 6.43. The zero-order valence-electron chi connectivity index (χ0n) is 14.3. The number of fused-ring (bicyclic) bond motifs is 1. The lowest BCUT2D eigenvalue weighted by Gasteiger charge is -2.31. The Morgan fingerprint density at radius 3 is 2.59 bits per heavy atom. The summed E-state index contributed by atoms with van der Waals surface area (Å²) in [5, 5.41) is 8.96. The number of carbonyl (C=O) groups excluding carboxylic acids is 1. The maximum absolute atomic E-state index is 13.3. The molecule has 0 bridgehead atoms. The lowest BCUT2D eigenvalue weighted by atomic mass is 10.1. The van der Waals surface area contributed by atoms with E-state index < -0.39 is 5.92 Å². The van der Waals surface area contributed by atoms with E-state index in [0.717, 1.165) is 5.69 Å². The van der Waals surface area contributed by atoms with Crippen LogP contribution in [0.4, 0.5) is 8.78 Å². The standard InChI is InChI=1S/C19H15F2N5O/c20-19(21)4-7-25(8-5-19)18(27)14-1-2-15(23-11-14)16-12-24-17-9-13(10-22)3-6-26(16)17/h1-3,6,9,11-12H,4-5,7-8H2. The molecule has 136 valence electrons. The number of likely N-dealkylation sites (tertiary alicyclic amines) is 1. The maximum Gasteiger partial charge on any atom is 0.255 e. The summed E-state index contributed by atoms with van der Waals surface area (Å²) in [6.45, 7) is 0.0874. The van der Waals surface area contributed by atoms with Crippen LogP contribution in [0.5, 0.6) is 0 Å². The molecular formula is C19H15F2N5O. The first-order valence-electron chi connectivity index (χ1n) is 8.48. The Morgan fingerprint density at radius 2 is 1.93 bits per heavy atom. The van der Waals surface area contributed by atoms with Gasteiger partial charge in [-0.05, 0) is 24.3 Å². The Labute approximate surface area is 153 Å². The van der Waals surface area contributed by atoms with Gasteiger partial charge in [0, 0.05) is 38.3 Å². The van der Waals surface area contributed by atoms with Gasteiger partial charge in [-0.3, -0.25) is 14.2 Å². The van der Waals surface area contributed by atoms with Crippen molar-refractivity contribution in [3.05, 3.63) is 54.0 Å². The molecule has 6 nitrogen and oxygen atoms in total. The molecule has 0 spiro atoms. The van der Waals surface area contributed by atoms with Gasteiger partial charge in [-0.25, -0.2) is 13.8 Å². The molecule has 8 heteroatoms. The first-order valence-corrected chi connectivity index (χ1v) is 8.48. The SMILES string of the molecule is N#Cc1ccn2c(-c3ccc(C(=O)N4CCC(F)(F)CC4)cn3)cnc2c1. The number of rotatable bonds is 2. The van der Waals surface area contributed by atoms with Crippen molar-refractivity contribution in [1.82, 2.24) is 19.3 Å².